The number of nitrogens with one attached hydrogen (secondary N) is 2. The van der Waals surface area contributed by atoms with Crippen molar-refractivity contribution in [3.63, 3.8) is 0 Å². The van der Waals surface area contributed by atoms with E-state index >= 15 is 0 Å². The number of hydrogen-bond donors (Lipinski definition) is 2. The first-order chi connectivity index (χ1) is 16.0. The minimum absolute atomic E-state index is 0.0235. The molecule has 8 nitrogen and oxygen atoms in total. The molecular formula is C25H33N3O5S. The van der Waals surface area contributed by atoms with E-state index in [0.29, 0.717) is 30.9 Å². The zero-order valence-corrected chi connectivity index (χ0v) is 21.2. The summed E-state index contributed by atoms with van der Waals surface area (Å²) in [6, 6.07) is 9.64. The van der Waals surface area contributed by atoms with Gasteiger partial charge in [0, 0.05) is 36.4 Å². The lowest BCUT2D eigenvalue weighted by atomic mass is 9.94. The van der Waals surface area contributed by atoms with Gasteiger partial charge in [0.05, 0.1) is 7.11 Å². The molecule has 0 bridgehead atoms. The number of carbonyl (C=O) groups is 2. The Bertz CT molecular complexity index is 1170. The average molecular weight is 488 g/mol. The van der Waals surface area contributed by atoms with Crippen LogP contribution < -0.4 is 15.4 Å². The van der Waals surface area contributed by atoms with Crippen LogP contribution in [0.5, 0.6) is 5.75 Å². The molecule has 34 heavy (non-hydrogen) atoms. The Kier molecular flexibility index (Phi) is 7.99. The van der Waals surface area contributed by atoms with Crippen LogP contribution in [0.2, 0.25) is 0 Å². The molecule has 1 fully saturated rings. The van der Waals surface area contributed by atoms with Gasteiger partial charge in [-0.2, -0.15) is 4.31 Å². The van der Waals surface area contributed by atoms with Crippen molar-refractivity contribution in [2.45, 2.75) is 45.4 Å². The molecule has 2 unspecified atom stereocenters. The van der Waals surface area contributed by atoms with Crippen molar-refractivity contribution in [2.75, 3.05) is 30.8 Å². The number of ether oxygens (including phenoxy) is 1. The van der Waals surface area contributed by atoms with Gasteiger partial charge < -0.3 is 15.4 Å². The van der Waals surface area contributed by atoms with Gasteiger partial charge >= 0.3 is 0 Å². The van der Waals surface area contributed by atoms with E-state index in [4.69, 9.17) is 4.74 Å². The van der Waals surface area contributed by atoms with E-state index in [1.54, 1.807) is 25.1 Å². The molecule has 1 heterocycles. The van der Waals surface area contributed by atoms with Crippen LogP contribution in [0.4, 0.5) is 11.4 Å². The second-order valence-electron chi connectivity index (χ2n) is 9.02. The summed E-state index contributed by atoms with van der Waals surface area (Å²) in [5.74, 6) is 0.107. The Morgan fingerprint density at radius 1 is 1.06 bits per heavy atom. The first-order valence-corrected chi connectivity index (χ1v) is 12.9. The molecule has 1 saturated heterocycles. The number of amides is 2. The molecule has 2 aromatic rings. The van der Waals surface area contributed by atoms with E-state index in [1.165, 1.54) is 29.6 Å². The van der Waals surface area contributed by atoms with E-state index < -0.39 is 15.9 Å². The van der Waals surface area contributed by atoms with Gasteiger partial charge in [-0.1, -0.05) is 26.8 Å². The Morgan fingerprint density at radius 3 is 2.35 bits per heavy atom. The Morgan fingerprint density at radius 2 is 1.74 bits per heavy atom. The molecule has 0 radical (unpaired) electrons. The van der Waals surface area contributed by atoms with Crippen LogP contribution in [0.15, 0.2) is 41.3 Å². The van der Waals surface area contributed by atoms with Crippen LogP contribution in [0.1, 0.15) is 49.5 Å². The van der Waals surface area contributed by atoms with Crippen LogP contribution in [0.3, 0.4) is 0 Å². The van der Waals surface area contributed by atoms with Crippen molar-refractivity contribution in [1.29, 1.82) is 0 Å². The Hall–Kier alpha value is -2.91. The third-order valence-electron chi connectivity index (χ3n) is 5.97. The largest absolute Gasteiger partial charge is 0.495 e. The highest BCUT2D eigenvalue weighted by atomic mass is 32.2. The maximum atomic E-state index is 13.5. The molecular weight excluding hydrogens is 454 g/mol. The lowest BCUT2D eigenvalue weighted by molar-refractivity contribution is -0.115. The van der Waals surface area contributed by atoms with Crippen LogP contribution in [0.25, 0.3) is 0 Å². The number of benzene rings is 2. The van der Waals surface area contributed by atoms with Gasteiger partial charge in [-0.15, -0.1) is 0 Å². The summed E-state index contributed by atoms with van der Waals surface area (Å²) in [5, 5.41) is 5.60. The molecule has 2 N–H and O–H groups in total. The van der Waals surface area contributed by atoms with E-state index in [9.17, 15) is 18.0 Å². The fraction of sp³-hybridized carbons (Fsp3) is 0.440. The topological polar surface area (TPSA) is 105 Å². The fourth-order valence-corrected chi connectivity index (χ4v) is 6.10. The highest BCUT2D eigenvalue weighted by Gasteiger charge is 2.34. The van der Waals surface area contributed by atoms with Crippen molar-refractivity contribution < 1.29 is 22.7 Å². The normalized spacial score (nSPS) is 18.9. The summed E-state index contributed by atoms with van der Waals surface area (Å²) >= 11 is 0. The number of methoxy groups -OCH3 is 1. The van der Waals surface area contributed by atoms with E-state index in [0.717, 1.165) is 12.0 Å². The van der Waals surface area contributed by atoms with E-state index in [1.807, 2.05) is 20.8 Å². The molecule has 0 aliphatic carbocycles. The molecule has 184 valence electrons. The first-order valence-electron chi connectivity index (χ1n) is 11.4. The predicted molar refractivity (Wildman–Crippen MR) is 133 cm³/mol. The molecule has 0 spiro atoms. The number of carbonyl (C=O) groups excluding carboxylic acids is 2. The first kappa shape index (κ1) is 25.7. The molecule has 1 aliphatic rings. The second-order valence-corrected chi connectivity index (χ2v) is 10.9. The molecule has 2 aromatic carbocycles. The fourth-order valence-electron chi connectivity index (χ4n) is 4.24. The van der Waals surface area contributed by atoms with Crippen molar-refractivity contribution in [3.05, 3.63) is 47.5 Å². The summed E-state index contributed by atoms with van der Waals surface area (Å²) < 4.78 is 33.8. The van der Waals surface area contributed by atoms with Gasteiger partial charge in [-0.25, -0.2) is 8.42 Å². The van der Waals surface area contributed by atoms with E-state index in [2.05, 4.69) is 10.6 Å². The standard InChI is InChI=1S/C25H33N3O5S/c1-6-24(29)26-20-9-7-18(4)21(13-20)27-25(30)19-8-10-22(33-5)23(12-19)34(31,32)28-14-16(2)11-17(3)15-28/h7-10,12-13,16-17H,6,11,14-15H2,1-5H3,(H,26,29)(H,27,30). The van der Waals surface area contributed by atoms with E-state index in [-0.39, 0.29) is 34.0 Å². The number of sulfonamides is 1. The molecule has 3 rings (SSSR count). The third-order valence-corrected chi connectivity index (χ3v) is 7.82. The number of nitrogens with zero attached hydrogens (tertiary/aromatic N) is 1. The average Bonchev–Trinajstić information content (AvgIpc) is 2.80. The molecule has 2 amide bonds. The maximum absolute atomic E-state index is 13.5. The zero-order chi connectivity index (χ0) is 25.0. The van der Waals surface area contributed by atoms with Crippen molar-refractivity contribution in [1.82, 2.24) is 4.31 Å². The lowest BCUT2D eigenvalue weighted by Crippen LogP contribution is -2.42. The lowest BCUT2D eigenvalue weighted by Gasteiger charge is -2.34. The maximum Gasteiger partial charge on any atom is 0.255 e. The zero-order valence-electron chi connectivity index (χ0n) is 20.3. The Labute approximate surface area is 201 Å². The smallest absolute Gasteiger partial charge is 0.255 e. The summed E-state index contributed by atoms with van der Waals surface area (Å²) in [4.78, 5) is 24.8. The van der Waals surface area contributed by atoms with Crippen LogP contribution in [0, 0.1) is 18.8 Å². The number of anilines is 2. The predicted octanol–water partition coefficient (Wildman–Crippen LogP) is 4.27. The minimum Gasteiger partial charge on any atom is -0.495 e. The monoisotopic (exact) mass is 487 g/mol. The van der Waals surface area contributed by atoms with Crippen molar-refractivity contribution >= 4 is 33.2 Å². The SMILES string of the molecule is CCC(=O)Nc1ccc(C)c(NC(=O)c2ccc(OC)c(S(=O)(=O)N3CC(C)CC(C)C3)c2)c1. The summed E-state index contributed by atoms with van der Waals surface area (Å²) in [6.07, 6.45) is 1.32. The van der Waals surface area contributed by atoms with Gasteiger partial charge in [0.1, 0.15) is 10.6 Å². The highest BCUT2D eigenvalue weighted by molar-refractivity contribution is 7.89. The summed E-state index contributed by atoms with van der Waals surface area (Å²) in [7, 11) is -2.44. The number of hydrogen-bond acceptors (Lipinski definition) is 5. The Balaban J connectivity index is 1.90. The van der Waals surface area contributed by atoms with Gasteiger partial charge in [-0.3, -0.25) is 9.59 Å². The summed E-state index contributed by atoms with van der Waals surface area (Å²) in [5.41, 5.74) is 2.09. The van der Waals surface area contributed by atoms with Gasteiger partial charge in [0.2, 0.25) is 15.9 Å². The minimum atomic E-state index is -3.85. The summed E-state index contributed by atoms with van der Waals surface area (Å²) in [6.45, 7) is 8.54. The molecule has 2 atom stereocenters. The van der Waals surface area contributed by atoms with Gasteiger partial charge in [0.25, 0.3) is 5.91 Å². The van der Waals surface area contributed by atoms with Crippen molar-refractivity contribution in [3.8, 4) is 5.75 Å². The molecule has 0 aromatic heterocycles. The van der Waals surface area contributed by atoms with Crippen LogP contribution in [-0.2, 0) is 14.8 Å². The number of rotatable bonds is 7. The second kappa shape index (κ2) is 10.6. The van der Waals surface area contributed by atoms with Gasteiger partial charge in [-0.05, 0) is 61.1 Å². The molecule has 1 aliphatic heterocycles. The van der Waals surface area contributed by atoms with Gasteiger partial charge in [0.15, 0.2) is 0 Å². The molecule has 0 saturated carbocycles. The van der Waals surface area contributed by atoms with Crippen LogP contribution >= 0.6 is 0 Å². The highest BCUT2D eigenvalue weighted by Crippen LogP contribution is 2.32. The quantitative estimate of drug-likeness (QED) is 0.607. The third kappa shape index (κ3) is 5.77. The van der Waals surface area contributed by atoms with Crippen LogP contribution in [-0.4, -0.2) is 44.7 Å². The number of aryl methyl sites for hydroxylation is 1. The van der Waals surface area contributed by atoms with Crippen molar-refractivity contribution in [2.24, 2.45) is 11.8 Å². The molecule has 9 heteroatoms. The number of piperidine rings is 1.